The molecule has 252 valence electrons. The summed E-state index contributed by atoms with van der Waals surface area (Å²) in [7, 11) is 0. The summed E-state index contributed by atoms with van der Waals surface area (Å²) < 4.78 is 4.91. The van der Waals surface area contributed by atoms with Gasteiger partial charge in [0.1, 0.15) is 0 Å². The Labute approximate surface area is 313 Å². The third-order valence-electron chi connectivity index (χ3n) is 11.1. The predicted molar refractivity (Wildman–Crippen MR) is 229 cm³/mol. The van der Waals surface area contributed by atoms with Crippen molar-refractivity contribution in [2.75, 3.05) is 0 Å². The maximum atomic E-state index is 2.46. The molecule has 0 fully saturated rings. The van der Waals surface area contributed by atoms with Crippen molar-refractivity contribution in [3.63, 3.8) is 0 Å². The number of nitrogens with zero attached hydrogens (tertiary/aromatic N) is 2. The molecule has 0 radical (unpaired) electrons. The van der Waals surface area contributed by atoms with Gasteiger partial charge in [-0.15, -0.1) is 0 Å². The Morgan fingerprint density at radius 3 is 1.31 bits per heavy atom. The van der Waals surface area contributed by atoms with Crippen LogP contribution in [0, 0.1) is 0 Å². The highest BCUT2D eigenvalue weighted by molar-refractivity contribution is 6.13. The molecule has 0 aliphatic carbocycles. The van der Waals surface area contributed by atoms with Crippen LogP contribution >= 0.6 is 0 Å². The van der Waals surface area contributed by atoms with Gasteiger partial charge in [-0.2, -0.15) is 0 Å². The Balaban J connectivity index is 1.15. The molecule has 0 saturated heterocycles. The molecular weight excluding hydrogens is 653 g/mol. The van der Waals surface area contributed by atoms with Crippen molar-refractivity contribution in [2.24, 2.45) is 0 Å². The van der Waals surface area contributed by atoms with Gasteiger partial charge in [-0.25, -0.2) is 0 Å². The van der Waals surface area contributed by atoms with Crippen LogP contribution in [0.15, 0.2) is 206 Å². The Morgan fingerprint density at radius 2 is 0.704 bits per heavy atom. The van der Waals surface area contributed by atoms with Crippen LogP contribution < -0.4 is 0 Å². The summed E-state index contributed by atoms with van der Waals surface area (Å²) in [5, 5.41) is 7.48. The first-order valence-electron chi connectivity index (χ1n) is 18.6. The fraction of sp³-hybridized carbons (Fsp3) is 0. The highest BCUT2D eigenvalue weighted by atomic mass is 15.0. The predicted octanol–water partition coefficient (Wildman–Crippen LogP) is 14.0. The minimum absolute atomic E-state index is 1.14. The molecule has 0 atom stereocenters. The molecule has 2 heterocycles. The first-order chi connectivity index (χ1) is 26.8. The van der Waals surface area contributed by atoms with Crippen molar-refractivity contribution in [3.05, 3.63) is 206 Å². The van der Waals surface area contributed by atoms with Crippen molar-refractivity contribution in [1.82, 2.24) is 9.13 Å². The van der Waals surface area contributed by atoms with E-state index in [1.54, 1.807) is 0 Å². The summed E-state index contributed by atoms with van der Waals surface area (Å²) in [6.45, 7) is 0. The molecule has 0 spiro atoms. The van der Waals surface area contributed by atoms with E-state index >= 15 is 0 Å². The van der Waals surface area contributed by atoms with Crippen LogP contribution in [0.3, 0.4) is 0 Å². The number of hydrogen-bond acceptors (Lipinski definition) is 0. The first kappa shape index (κ1) is 30.5. The van der Waals surface area contributed by atoms with Gasteiger partial charge in [0, 0.05) is 32.6 Å². The number of hydrogen-bond donors (Lipinski definition) is 0. The highest BCUT2D eigenvalue weighted by Gasteiger charge is 2.18. The van der Waals surface area contributed by atoms with Gasteiger partial charge < -0.3 is 9.13 Å². The minimum Gasteiger partial charge on any atom is -0.309 e. The lowest BCUT2D eigenvalue weighted by Gasteiger charge is -2.15. The van der Waals surface area contributed by atoms with Gasteiger partial charge in [0.05, 0.1) is 27.8 Å². The third-order valence-corrected chi connectivity index (χ3v) is 11.1. The smallest absolute Gasteiger partial charge is 0.0547 e. The SMILES string of the molecule is c1ccc(-c2cc(-c3ccccc3)cc(-n3c4ccccc4c4ccc(-c5ccc6c7ccccc7n(-c7cccc8ccccc78)c6c5)cc43)c2)cc1. The highest BCUT2D eigenvalue weighted by Crippen LogP contribution is 2.40. The van der Waals surface area contributed by atoms with Crippen LogP contribution in [-0.4, -0.2) is 9.13 Å². The van der Waals surface area contributed by atoms with Crippen molar-refractivity contribution in [3.8, 4) is 44.8 Å². The van der Waals surface area contributed by atoms with Gasteiger partial charge in [0.2, 0.25) is 0 Å². The maximum Gasteiger partial charge on any atom is 0.0547 e. The van der Waals surface area contributed by atoms with E-state index in [4.69, 9.17) is 0 Å². The number of aromatic nitrogens is 2. The van der Waals surface area contributed by atoms with Gasteiger partial charge in [-0.3, -0.25) is 0 Å². The van der Waals surface area contributed by atoms with Crippen LogP contribution in [0.4, 0.5) is 0 Å². The zero-order valence-corrected chi connectivity index (χ0v) is 29.5. The molecule has 0 aliphatic heterocycles. The second-order valence-electron chi connectivity index (χ2n) is 14.2. The molecule has 11 rings (SSSR count). The summed E-state index contributed by atoms with van der Waals surface area (Å²) >= 11 is 0. The van der Waals surface area contributed by atoms with E-state index in [9.17, 15) is 0 Å². The van der Waals surface area contributed by atoms with Crippen LogP contribution in [0.2, 0.25) is 0 Å². The van der Waals surface area contributed by atoms with E-state index in [1.807, 2.05) is 0 Å². The van der Waals surface area contributed by atoms with E-state index in [-0.39, 0.29) is 0 Å². The Kier molecular flexibility index (Phi) is 6.90. The van der Waals surface area contributed by atoms with Gasteiger partial charge in [-0.1, -0.05) is 158 Å². The molecule has 2 heteroatoms. The van der Waals surface area contributed by atoms with Crippen molar-refractivity contribution < 1.29 is 0 Å². The van der Waals surface area contributed by atoms with Crippen LogP contribution in [0.1, 0.15) is 0 Å². The fourth-order valence-electron chi connectivity index (χ4n) is 8.58. The molecule has 0 bridgehead atoms. The zero-order chi connectivity index (χ0) is 35.6. The summed E-state index contributed by atoms with van der Waals surface area (Å²) in [6.07, 6.45) is 0. The second-order valence-corrected chi connectivity index (χ2v) is 14.2. The quantitative estimate of drug-likeness (QED) is 0.171. The molecule has 0 unspecified atom stereocenters. The molecule has 54 heavy (non-hydrogen) atoms. The molecule has 0 N–H and O–H groups in total. The first-order valence-corrected chi connectivity index (χ1v) is 18.6. The molecule has 9 aromatic carbocycles. The van der Waals surface area contributed by atoms with E-state index in [0.717, 1.165) is 5.69 Å². The molecular formula is C52H34N2. The molecule has 0 aliphatic rings. The van der Waals surface area contributed by atoms with Gasteiger partial charge in [0.25, 0.3) is 0 Å². The number of fused-ring (bicyclic) bond motifs is 7. The van der Waals surface area contributed by atoms with Gasteiger partial charge >= 0.3 is 0 Å². The van der Waals surface area contributed by atoms with Crippen molar-refractivity contribution in [2.45, 2.75) is 0 Å². The number of rotatable bonds is 5. The zero-order valence-electron chi connectivity index (χ0n) is 29.5. The van der Waals surface area contributed by atoms with Crippen LogP contribution in [-0.2, 0) is 0 Å². The largest absolute Gasteiger partial charge is 0.309 e. The van der Waals surface area contributed by atoms with Gasteiger partial charge in [-0.05, 0) is 87.3 Å². The lowest BCUT2D eigenvalue weighted by Crippen LogP contribution is -1.96. The summed E-state index contributed by atoms with van der Waals surface area (Å²) in [5.74, 6) is 0. The summed E-state index contributed by atoms with van der Waals surface area (Å²) in [5.41, 5.74) is 14.3. The van der Waals surface area contributed by atoms with Gasteiger partial charge in [0.15, 0.2) is 0 Å². The number of para-hydroxylation sites is 2. The van der Waals surface area contributed by atoms with E-state index in [0.29, 0.717) is 0 Å². The minimum atomic E-state index is 1.14. The molecule has 0 saturated carbocycles. The normalized spacial score (nSPS) is 11.7. The Hall–Kier alpha value is -7.16. The van der Waals surface area contributed by atoms with Crippen LogP contribution in [0.25, 0.3) is 99.1 Å². The average Bonchev–Trinajstić information content (AvgIpc) is 3.76. The second kappa shape index (κ2) is 12.2. The molecule has 11 aromatic rings. The topological polar surface area (TPSA) is 9.86 Å². The monoisotopic (exact) mass is 686 g/mol. The molecule has 2 aromatic heterocycles. The molecule has 2 nitrogen and oxygen atoms in total. The van der Waals surface area contributed by atoms with E-state index < -0.39 is 0 Å². The van der Waals surface area contributed by atoms with Crippen LogP contribution in [0.5, 0.6) is 0 Å². The Bertz CT molecular complexity index is 3140. The van der Waals surface area contributed by atoms with Crippen molar-refractivity contribution in [1.29, 1.82) is 0 Å². The Morgan fingerprint density at radius 1 is 0.241 bits per heavy atom. The summed E-state index contributed by atoms with van der Waals surface area (Å²) in [4.78, 5) is 0. The summed E-state index contributed by atoms with van der Waals surface area (Å²) in [6, 6.07) is 75.3. The third kappa shape index (κ3) is 4.81. The van der Waals surface area contributed by atoms with Crippen molar-refractivity contribution >= 4 is 54.4 Å². The standard InChI is InChI=1S/C52H34N2/c1-3-14-35(15-4-1)40-30-41(36-16-5-2-6-17-36)32-42(31-40)53-49-23-11-9-21-44(49)46-28-26-38(33-51(46)53)39-27-29-47-45-22-10-12-24-50(45)54(52(47)34-39)48-25-13-19-37-18-7-8-20-43(37)48/h1-34H. The number of benzene rings is 9. The fourth-order valence-corrected chi connectivity index (χ4v) is 8.58. The lowest BCUT2D eigenvalue weighted by molar-refractivity contribution is 1.18. The van der Waals surface area contributed by atoms with E-state index in [1.165, 1.54) is 93.5 Å². The lowest BCUT2D eigenvalue weighted by atomic mass is 9.98. The van der Waals surface area contributed by atoms with E-state index in [2.05, 4.69) is 215 Å². The maximum absolute atomic E-state index is 2.46. The average molecular weight is 687 g/mol. The molecule has 0 amide bonds.